The lowest BCUT2D eigenvalue weighted by Crippen LogP contribution is -2.54. The summed E-state index contributed by atoms with van der Waals surface area (Å²) >= 11 is 0. The molecule has 1 fully saturated rings. The second-order valence-electron chi connectivity index (χ2n) is 5.20. The summed E-state index contributed by atoms with van der Waals surface area (Å²) in [7, 11) is 0. The molecule has 1 aliphatic rings. The zero-order chi connectivity index (χ0) is 13.9. The van der Waals surface area contributed by atoms with Gasteiger partial charge in [0, 0.05) is 6.54 Å². The van der Waals surface area contributed by atoms with Crippen molar-refractivity contribution in [1.29, 1.82) is 0 Å². The van der Waals surface area contributed by atoms with Crippen LogP contribution in [0.4, 0.5) is 0 Å². The SMILES string of the molecule is NCC1(NC(=O)c2cc(O)ccc2O)CCCCC1. The number of rotatable bonds is 3. The van der Waals surface area contributed by atoms with Gasteiger partial charge >= 0.3 is 0 Å². The zero-order valence-corrected chi connectivity index (χ0v) is 10.9. The number of hydrogen-bond acceptors (Lipinski definition) is 4. The molecule has 0 aliphatic heterocycles. The monoisotopic (exact) mass is 264 g/mol. The van der Waals surface area contributed by atoms with E-state index in [0.717, 1.165) is 32.1 Å². The summed E-state index contributed by atoms with van der Waals surface area (Å²) in [4.78, 5) is 12.2. The molecule has 0 radical (unpaired) electrons. The van der Waals surface area contributed by atoms with Gasteiger partial charge < -0.3 is 21.3 Å². The number of aromatic hydroxyl groups is 2. The molecule has 0 saturated heterocycles. The fraction of sp³-hybridized carbons (Fsp3) is 0.500. The number of carbonyl (C=O) groups excluding carboxylic acids is 1. The Hall–Kier alpha value is -1.75. The van der Waals surface area contributed by atoms with E-state index in [2.05, 4.69) is 5.32 Å². The Morgan fingerprint density at radius 3 is 2.58 bits per heavy atom. The zero-order valence-electron chi connectivity index (χ0n) is 10.9. The van der Waals surface area contributed by atoms with E-state index in [4.69, 9.17) is 5.73 Å². The molecule has 5 nitrogen and oxygen atoms in total. The Morgan fingerprint density at radius 1 is 1.26 bits per heavy atom. The van der Waals surface area contributed by atoms with Crippen LogP contribution in [-0.2, 0) is 0 Å². The molecule has 1 aliphatic carbocycles. The fourth-order valence-electron chi connectivity index (χ4n) is 2.62. The van der Waals surface area contributed by atoms with Crippen molar-refractivity contribution in [2.45, 2.75) is 37.6 Å². The fourth-order valence-corrected chi connectivity index (χ4v) is 2.62. The molecule has 1 amide bonds. The van der Waals surface area contributed by atoms with Crippen LogP contribution in [0.25, 0.3) is 0 Å². The first-order valence-electron chi connectivity index (χ1n) is 6.61. The Labute approximate surface area is 112 Å². The molecule has 5 heteroatoms. The van der Waals surface area contributed by atoms with E-state index in [1.54, 1.807) is 0 Å². The van der Waals surface area contributed by atoms with E-state index in [1.165, 1.54) is 18.2 Å². The number of nitrogens with one attached hydrogen (secondary N) is 1. The van der Waals surface area contributed by atoms with Crippen molar-refractivity contribution < 1.29 is 15.0 Å². The number of carbonyl (C=O) groups is 1. The highest BCUT2D eigenvalue weighted by molar-refractivity contribution is 5.97. The van der Waals surface area contributed by atoms with Gasteiger partial charge in [-0.1, -0.05) is 19.3 Å². The van der Waals surface area contributed by atoms with Crippen LogP contribution in [0.15, 0.2) is 18.2 Å². The molecular weight excluding hydrogens is 244 g/mol. The van der Waals surface area contributed by atoms with Crippen molar-refractivity contribution in [2.75, 3.05) is 6.54 Å². The minimum atomic E-state index is -0.388. The van der Waals surface area contributed by atoms with Gasteiger partial charge in [-0.25, -0.2) is 0 Å². The van der Waals surface area contributed by atoms with E-state index >= 15 is 0 Å². The number of amides is 1. The molecule has 0 bridgehead atoms. The maximum absolute atomic E-state index is 12.2. The summed E-state index contributed by atoms with van der Waals surface area (Å²) in [6.45, 7) is 0.387. The molecule has 0 aromatic heterocycles. The summed E-state index contributed by atoms with van der Waals surface area (Å²) in [6, 6.07) is 3.91. The average Bonchev–Trinajstić information content (AvgIpc) is 2.42. The van der Waals surface area contributed by atoms with Crippen molar-refractivity contribution in [3.63, 3.8) is 0 Å². The van der Waals surface area contributed by atoms with Gasteiger partial charge in [-0.2, -0.15) is 0 Å². The standard InChI is InChI=1S/C14H20N2O3/c15-9-14(6-2-1-3-7-14)16-13(19)11-8-10(17)4-5-12(11)18/h4-5,8,17-18H,1-3,6-7,9,15H2,(H,16,19). The molecule has 2 rings (SSSR count). The van der Waals surface area contributed by atoms with Crippen LogP contribution in [-0.4, -0.2) is 28.2 Å². The lowest BCUT2D eigenvalue weighted by Gasteiger charge is -2.37. The first-order valence-corrected chi connectivity index (χ1v) is 6.61. The lowest BCUT2D eigenvalue weighted by atomic mass is 9.81. The maximum Gasteiger partial charge on any atom is 0.255 e. The molecule has 104 valence electrons. The number of benzene rings is 1. The topological polar surface area (TPSA) is 95.6 Å². The Kier molecular flexibility index (Phi) is 3.95. The molecule has 19 heavy (non-hydrogen) atoms. The molecular formula is C14H20N2O3. The Bertz CT molecular complexity index is 468. The summed E-state index contributed by atoms with van der Waals surface area (Å²) in [5.74, 6) is -0.576. The van der Waals surface area contributed by atoms with Gasteiger partial charge in [0.2, 0.25) is 0 Å². The summed E-state index contributed by atoms with van der Waals surface area (Å²) < 4.78 is 0. The van der Waals surface area contributed by atoms with Crippen LogP contribution in [0.2, 0.25) is 0 Å². The average molecular weight is 264 g/mol. The number of hydrogen-bond donors (Lipinski definition) is 4. The van der Waals surface area contributed by atoms with Gasteiger partial charge in [0.1, 0.15) is 11.5 Å². The maximum atomic E-state index is 12.2. The highest BCUT2D eigenvalue weighted by Crippen LogP contribution is 2.29. The number of phenols is 2. The Morgan fingerprint density at radius 2 is 1.95 bits per heavy atom. The number of phenolic OH excluding ortho intramolecular Hbond substituents is 2. The quantitative estimate of drug-likeness (QED) is 0.622. The molecule has 0 spiro atoms. The van der Waals surface area contributed by atoms with Crippen molar-refractivity contribution in [2.24, 2.45) is 5.73 Å². The largest absolute Gasteiger partial charge is 0.508 e. The molecule has 0 unspecified atom stereocenters. The summed E-state index contributed by atoms with van der Waals surface area (Å²) in [5.41, 5.74) is 5.51. The van der Waals surface area contributed by atoms with Crippen molar-refractivity contribution in [3.05, 3.63) is 23.8 Å². The minimum absolute atomic E-state index is 0.0478. The minimum Gasteiger partial charge on any atom is -0.508 e. The summed E-state index contributed by atoms with van der Waals surface area (Å²) in [6.07, 6.45) is 4.96. The summed E-state index contributed by atoms with van der Waals surface area (Å²) in [5, 5.41) is 22.0. The van der Waals surface area contributed by atoms with Gasteiger partial charge in [-0.05, 0) is 31.0 Å². The van der Waals surface area contributed by atoms with E-state index in [1.807, 2.05) is 0 Å². The normalized spacial score (nSPS) is 17.9. The van der Waals surface area contributed by atoms with Crippen LogP contribution >= 0.6 is 0 Å². The molecule has 1 saturated carbocycles. The molecule has 0 heterocycles. The first kappa shape index (κ1) is 13.7. The van der Waals surface area contributed by atoms with Crippen LogP contribution in [0.5, 0.6) is 11.5 Å². The third kappa shape index (κ3) is 2.98. The Balaban J connectivity index is 2.17. The molecule has 5 N–H and O–H groups in total. The van der Waals surface area contributed by atoms with Gasteiger partial charge in [0.25, 0.3) is 5.91 Å². The van der Waals surface area contributed by atoms with Gasteiger partial charge in [-0.15, -0.1) is 0 Å². The second kappa shape index (κ2) is 5.48. The van der Waals surface area contributed by atoms with Gasteiger partial charge in [0.05, 0.1) is 11.1 Å². The lowest BCUT2D eigenvalue weighted by molar-refractivity contribution is 0.0871. The molecule has 1 aromatic rings. The molecule has 0 atom stereocenters. The van der Waals surface area contributed by atoms with E-state index < -0.39 is 0 Å². The molecule has 1 aromatic carbocycles. The predicted molar refractivity (Wildman–Crippen MR) is 72.1 cm³/mol. The van der Waals surface area contributed by atoms with E-state index in [-0.39, 0.29) is 28.5 Å². The number of nitrogens with two attached hydrogens (primary N) is 1. The second-order valence-corrected chi connectivity index (χ2v) is 5.20. The van der Waals surface area contributed by atoms with Crippen LogP contribution < -0.4 is 11.1 Å². The third-order valence-corrected chi connectivity index (χ3v) is 3.80. The third-order valence-electron chi connectivity index (χ3n) is 3.80. The van der Waals surface area contributed by atoms with Gasteiger partial charge in [0.15, 0.2) is 0 Å². The van der Waals surface area contributed by atoms with Gasteiger partial charge in [-0.3, -0.25) is 4.79 Å². The highest BCUT2D eigenvalue weighted by atomic mass is 16.3. The first-order chi connectivity index (χ1) is 9.06. The van der Waals surface area contributed by atoms with Crippen LogP contribution in [0.3, 0.4) is 0 Å². The van der Waals surface area contributed by atoms with E-state index in [9.17, 15) is 15.0 Å². The van der Waals surface area contributed by atoms with Crippen molar-refractivity contribution in [3.8, 4) is 11.5 Å². The van der Waals surface area contributed by atoms with Crippen molar-refractivity contribution in [1.82, 2.24) is 5.32 Å². The predicted octanol–water partition coefficient (Wildman–Crippen LogP) is 1.49. The van der Waals surface area contributed by atoms with Crippen LogP contribution in [0, 0.1) is 0 Å². The smallest absolute Gasteiger partial charge is 0.255 e. The van der Waals surface area contributed by atoms with E-state index in [0.29, 0.717) is 6.54 Å². The highest BCUT2D eigenvalue weighted by Gasteiger charge is 2.32. The van der Waals surface area contributed by atoms with Crippen molar-refractivity contribution >= 4 is 5.91 Å². The van der Waals surface area contributed by atoms with Crippen LogP contribution in [0.1, 0.15) is 42.5 Å².